The quantitative estimate of drug-likeness (QED) is 0.142. The maximum absolute atomic E-state index is 15.5. The number of nitrogens with one attached hydrogen (secondary N) is 3. The Labute approximate surface area is 624 Å². The van der Waals surface area contributed by atoms with Crippen LogP contribution in [0.3, 0.4) is 0 Å². The van der Waals surface area contributed by atoms with E-state index in [1.165, 1.54) is 59.1 Å². The lowest BCUT2D eigenvalue weighted by atomic mass is 9.74. The molecule has 1 spiro atoms. The van der Waals surface area contributed by atoms with Crippen molar-refractivity contribution < 1.29 is 106 Å². The molecular formula is C73H110F10N12O13. The van der Waals surface area contributed by atoms with Crippen LogP contribution in [0.5, 0.6) is 0 Å². The summed E-state index contributed by atoms with van der Waals surface area (Å²) >= 11 is 0. The molecule has 4 saturated carbocycles. The molecule has 108 heavy (non-hydrogen) atoms. The van der Waals surface area contributed by atoms with Crippen LogP contribution in [0.1, 0.15) is 162 Å². The summed E-state index contributed by atoms with van der Waals surface area (Å²) in [7, 11) is 9.92. The smallest absolute Gasteiger partial charge is 0.377 e. The third kappa shape index (κ3) is 21.2. The van der Waals surface area contributed by atoms with E-state index in [-0.39, 0.29) is 96.7 Å². The molecule has 35 heteroatoms. The van der Waals surface area contributed by atoms with Gasteiger partial charge in [0.2, 0.25) is 77.3 Å². The van der Waals surface area contributed by atoms with Gasteiger partial charge >= 0.3 is 12.4 Å². The summed E-state index contributed by atoms with van der Waals surface area (Å²) in [5, 5.41) is 7.99. The van der Waals surface area contributed by atoms with Crippen LogP contribution in [0.4, 0.5) is 43.9 Å². The van der Waals surface area contributed by atoms with E-state index < -0.39 is 243 Å². The second-order valence-corrected chi connectivity index (χ2v) is 31.2. The van der Waals surface area contributed by atoms with Crippen LogP contribution in [-0.4, -0.2) is 295 Å². The maximum atomic E-state index is 15.5. The van der Waals surface area contributed by atoms with Gasteiger partial charge < -0.3 is 64.8 Å². The van der Waals surface area contributed by atoms with Crippen LogP contribution in [0, 0.1) is 35.5 Å². The van der Waals surface area contributed by atoms with E-state index in [2.05, 4.69) is 16.0 Å². The lowest BCUT2D eigenvalue weighted by Crippen LogP contribution is -2.68. The summed E-state index contributed by atoms with van der Waals surface area (Å²) in [4.78, 5) is 189. The van der Waals surface area contributed by atoms with E-state index in [0.717, 1.165) is 36.4 Å². The van der Waals surface area contributed by atoms with Crippen molar-refractivity contribution >= 4 is 70.9 Å². The number of rotatable bonds is 13. The number of halogens is 10. The van der Waals surface area contributed by atoms with Gasteiger partial charge in [0.1, 0.15) is 72.1 Å². The summed E-state index contributed by atoms with van der Waals surface area (Å²) in [6, 6.07) is -12.9. The van der Waals surface area contributed by atoms with Gasteiger partial charge in [-0.3, -0.25) is 57.5 Å². The molecule has 7 rings (SSSR count). The van der Waals surface area contributed by atoms with Crippen molar-refractivity contribution in [2.24, 2.45) is 35.5 Å². The minimum Gasteiger partial charge on any atom is -0.377 e. The molecule has 2 unspecified atom stereocenters. The van der Waals surface area contributed by atoms with Crippen LogP contribution in [-0.2, 0) is 62.3 Å². The van der Waals surface area contributed by atoms with Crippen molar-refractivity contribution in [3.8, 4) is 0 Å². The third-order valence-corrected chi connectivity index (χ3v) is 23.6. The second-order valence-electron chi connectivity index (χ2n) is 31.2. The van der Waals surface area contributed by atoms with Crippen molar-refractivity contribution in [3.63, 3.8) is 0 Å². The van der Waals surface area contributed by atoms with Gasteiger partial charge in [-0.15, -0.1) is 0 Å². The number of carbonyl (C=O) groups excluding carboxylic acids is 12. The molecule has 12 amide bonds. The lowest BCUT2D eigenvalue weighted by molar-refractivity contribution is -0.219. The molecule has 3 heterocycles. The molecule has 3 N–H and O–H groups in total. The van der Waals surface area contributed by atoms with Gasteiger partial charge in [-0.25, -0.2) is 17.6 Å². The summed E-state index contributed by atoms with van der Waals surface area (Å²) in [6.45, 7) is 2.68. The average Bonchev–Trinajstić information content (AvgIpc) is 1.18. The molecule has 25 nitrogen and oxygen atoms in total. The number of ether oxygens (including phenoxy) is 1. The summed E-state index contributed by atoms with van der Waals surface area (Å²) in [5.41, 5.74) is -1.75. The van der Waals surface area contributed by atoms with E-state index in [0.29, 0.717) is 37.0 Å². The Morgan fingerprint density at radius 1 is 0.648 bits per heavy atom. The maximum Gasteiger partial charge on any atom is 0.397 e. The first-order valence-corrected chi connectivity index (χ1v) is 37.8. The molecular weight excluding hydrogens is 1440 g/mol. The van der Waals surface area contributed by atoms with Gasteiger partial charge in [0, 0.05) is 88.9 Å². The molecule has 4 aliphatic carbocycles. The Bertz CT molecular complexity index is 3230. The second kappa shape index (κ2) is 37.6. The first kappa shape index (κ1) is 87.9. The summed E-state index contributed by atoms with van der Waals surface area (Å²) in [6.07, 6.45) is -19.2. The molecule has 2 saturated heterocycles. The number of nitrogens with zero attached hydrogens (tertiary/aromatic N) is 9. The number of fused-ring (bicyclic) bond motifs is 3. The van der Waals surface area contributed by atoms with E-state index in [4.69, 9.17) is 4.74 Å². The SMILES string of the molecule is CCO[C@@H]1C[C@H]2C(=O)NC3(CCC3)C(=O)N(C)[C@@H](C3CCCC3)C(=O)N(C)[C@H](C(=O)N(C)C)CC(=O)N(C)[C@@H](CC(F)F)C(=O)N[C@@H]([C@@H](C)CC)C(=O)N(C)CC(=O)N(C)[C@H]3C/C=C\CCN(C3=O)[C@@H](CC3CCC(C(F)(F)F)CC3)C(=O)N(C)CC(=O)N[C@@H](CCC3CC(F)C(C(F)(F)F)C(F)C3)C(=O)N2C1. The predicted molar refractivity (Wildman–Crippen MR) is 372 cm³/mol. The molecule has 0 aromatic rings. The number of hydrogen-bond donors (Lipinski definition) is 3. The Balaban J connectivity index is 1.33. The third-order valence-electron chi connectivity index (χ3n) is 23.6. The molecule has 0 aromatic heterocycles. The lowest BCUT2D eigenvalue weighted by Gasteiger charge is -2.46. The van der Waals surface area contributed by atoms with Crippen LogP contribution in [0.2, 0.25) is 0 Å². The molecule has 0 radical (unpaired) electrons. The number of alkyl halides is 10. The molecule has 12 atom stereocenters. The number of carbonyl (C=O) groups is 12. The monoisotopic (exact) mass is 1550 g/mol. The van der Waals surface area contributed by atoms with Crippen molar-refractivity contribution in [2.75, 3.05) is 89.2 Å². The highest BCUT2D eigenvalue weighted by Crippen LogP contribution is 2.46. The Morgan fingerprint density at radius 3 is 1.82 bits per heavy atom. The fourth-order valence-corrected chi connectivity index (χ4v) is 16.7. The zero-order valence-electron chi connectivity index (χ0n) is 63.8. The number of amides is 12. The molecule has 2 bridgehead atoms. The fraction of sp³-hybridized carbons (Fsp3) is 0.808. The van der Waals surface area contributed by atoms with Crippen molar-refractivity contribution in [1.29, 1.82) is 0 Å². The minimum absolute atomic E-state index is 0.00470. The highest BCUT2D eigenvalue weighted by Gasteiger charge is 2.56. The highest BCUT2D eigenvalue weighted by molar-refractivity contribution is 6.01. The zero-order chi connectivity index (χ0) is 80.4. The van der Waals surface area contributed by atoms with Gasteiger partial charge in [-0.1, -0.05) is 45.3 Å². The molecule has 6 fully saturated rings. The molecule has 610 valence electrons. The predicted octanol–water partition coefficient (Wildman–Crippen LogP) is 5.96. The normalized spacial score (nSPS) is 32.0. The van der Waals surface area contributed by atoms with Gasteiger partial charge in [0.05, 0.1) is 31.5 Å². The van der Waals surface area contributed by atoms with E-state index >= 15 is 37.5 Å². The van der Waals surface area contributed by atoms with Gasteiger partial charge in [0.15, 0.2) is 0 Å². The highest BCUT2D eigenvalue weighted by atomic mass is 19.4. The number of hydrogen-bond acceptors (Lipinski definition) is 13. The van der Waals surface area contributed by atoms with Crippen LogP contribution in [0.15, 0.2) is 12.2 Å². The first-order valence-electron chi connectivity index (χ1n) is 37.8. The van der Waals surface area contributed by atoms with Crippen LogP contribution < -0.4 is 16.0 Å². The van der Waals surface area contributed by atoms with E-state index in [1.54, 1.807) is 32.9 Å². The van der Waals surface area contributed by atoms with Crippen LogP contribution >= 0.6 is 0 Å². The standard InChI is InChI=1S/C73H110F10N12O13/c1-12-41(3)60-68(105)89(7)40-58(98)90(8)50-22-15-14-18-31-94(67(50)104)54(34-42-23-26-45(27-24-42)72(78,79)80)66(103)88(6)39-56(96)84-49(28-25-43-32-47(74)59(48(75)33-43)73(81,82)83)64(101)95-38-46(108-13-2)35-52(95)63(100)86-71(29-19-30-71)70(107)93(11)61(44-20-16-17-21-44)69(106)92(10)53(65(102)87(4)5)37-57(97)91(9)51(36-55(76)77)62(99)85-60/h14-15,41-55,59-61H,12-13,16-40H2,1-11H3,(H,84,96)(H,85,99)(H,86,100)/b15-14-/t41-,42?,43?,45?,46+,47?,48?,49-,50-,51-,52-,53-,54-,59?,60-,61-/m0/s1. The summed E-state index contributed by atoms with van der Waals surface area (Å²) in [5.74, 6) is -18.8. The van der Waals surface area contributed by atoms with Gasteiger partial charge in [0.25, 0.3) is 0 Å². The molecule has 3 aliphatic heterocycles. The molecule has 0 aromatic carbocycles. The van der Waals surface area contributed by atoms with E-state index in [9.17, 15) is 63.9 Å². The largest absolute Gasteiger partial charge is 0.397 e. The van der Waals surface area contributed by atoms with Gasteiger partial charge in [-0.05, 0) is 133 Å². The Morgan fingerprint density at radius 2 is 1.27 bits per heavy atom. The zero-order valence-corrected chi connectivity index (χ0v) is 63.8. The van der Waals surface area contributed by atoms with Crippen molar-refractivity contribution in [1.82, 2.24) is 60.0 Å². The Kier molecular flexibility index (Phi) is 30.6. The topological polar surface area (TPSA) is 279 Å². The van der Waals surface area contributed by atoms with Crippen molar-refractivity contribution in [2.45, 2.75) is 253 Å². The van der Waals surface area contributed by atoms with Crippen molar-refractivity contribution in [3.05, 3.63) is 12.2 Å². The molecule has 7 aliphatic rings. The first-order chi connectivity index (χ1) is 50.6. The Hall–Kier alpha value is -7.36. The van der Waals surface area contributed by atoms with Crippen LogP contribution in [0.25, 0.3) is 0 Å². The number of likely N-dealkylation sites (N-methyl/N-ethyl adjacent to an activating group) is 7. The van der Waals surface area contributed by atoms with E-state index in [1.807, 2.05) is 0 Å². The average molecular weight is 1550 g/mol. The fourth-order valence-electron chi connectivity index (χ4n) is 16.7. The summed E-state index contributed by atoms with van der Waals surface area (Å²) < 4.78 is 151. The minimum atomic E-state index is -5.23. The van der Waals surface area contributed by atoms with Gasteiger partial charge in [-0.2, -0.15) is 26.3 Å².